The summed E-state index contributed by atoms with van der Waals surface area (Å²) in [7, 11) is 1.54. The monoisotopic (exact) mass is 419 g/mol. The van der Waals surface area contributed by atoms with Gasteiger partial charge in [-0.1, -0.05) is 36.0 Å². The fraction of sp³-hybridized carbons (Fsp3) is 0.0952. The van der Waals surface area contributed by atoms with Gasteiger partial charge >= 0.3 is 5.69 Å². The van der Waals surface area contributed by atoms with Crippen LogP contribution in [0.1, 0.15) is 5.56 Å². The molecule has 2 heterocycles. The Bertz CT molecular complexity index is 1240. The van der Waals surface area contributed by atoms with Crippen molar-refractivity contribution >= 4 is 39.9 Å². The van der Waals surface area contributed by atoms with Gasteiger partial charge in [0.05, 0.1) is 23.2 Å². The molecule has 0 unspecified atom stereocenters. The number of anilines is 2. The number of ether oxygens (including phenoxy) is 1. The van der Waals surface area contributed by atoms with Crippen LogP contribution >= 0.6 is 11.8 Å². The Labute approximate surface area is 176 Å². The smallest absolute Gasteiger partial charge is 0.343 e. The van der Waals surface area contributed by atoms with Crippen molar-refractivity contribution in [2.45, 2.75) is 16.8 Å². The molecular formula is C21H17N5O3S. The number of hydrogen-bond acceptors (Lipinski definition) is 8. The highest BCUT2D eigenvalue weighted by molar-refractivity contribution is 7.99. The second-order valence-electron chi connectivity index (χ2n) is 6.40. The minimum atomic E-state index is -0.481. The van der Waals surface area contributed by atoms with Gasteiger partial charge in [-0.05, 0) is 36.8 Å². The Kier molecular flexibility index (Phi) is 5.44. The van der Waals surface area contributed by atoms with Crippen molar-refractivity contribution in [3.8, 4) is 5.75 Å². The summed E-state index contributed by atoms with van der Waals surface area (Å²) < 4.78 is 5.36. The molecule has 150 valence electrons. The Morgan fingerprint density at radius 1 is 1.10 bits per heavy atom. The van der Waals surface area contributed by atoms with Crippen LogP contribution < -0.4 is 10.1 Å². The summed E-state index contributed by atoms with van der Waals surface area (Å²) in [5.74, 6) is 0.649. The highest BCUT2D eigenvalue weighted by Gasteiger charge is 2.25. The molecule has 0 aliphatic carbocycles. The normalized spacial score (nSPS) is 10.7. The highest BCUT2D eigenvalue weighted by Crippen LogP contribution is 2.40. The molecule has 0 saturated heterocycles. The highest BCUT2D eigenvalue weighted by atomic mass is 32.2. The van der Waals surface area contributed by atoms with E-state index in [0.29, 0.717) is 11.4 Å². The van der Waals surface area contributed by atoms with E-state index in [-0.39, 0.29) is 16.5 Å². The molecule has 4 rings (SSSR count). The van der Waals surface area contributed by atoms with Crippen molar-refractivity contribution in [1.82, 2.24) is 15.0 Å². The zero-order valence-electron chi connectivity index (χ0n) is 16.2. The van der Waals surface area contributed by atoms with Crippen LogP contribution in [0.25, 0.3) is 10.9 Å². The maximum atomic E-state index is 11.9. The van der Waals surface area contributed by atoms with Gasteiger partial charge in [0.15, 0.2) is 5.03 Å². The molecule has 0 atom stereocenters. The van der Waals surface area contributed by atoms with E-state index in [1.165, 1.54) is 18.1 Å². The second-order valence-corrected chi connectivity index (χ2v) is 7.43. The molecule has 2 aromatic heterocycles. The van der Waals surface area contributed by atoms with Crippen LogP contribution in [-0.4, -0.2) is 27.0 Å². The topological polar surface area (TPSA) is 103 Å². The number of nitrogens with zero attached hydrogens (tertiary/aromatic N) is 4. The summed E-state index contributed by atoms with van der Waals surface area (Å²) in [4.78, 5) is 24.9. The number of para-hydroxylation sites is 1. The molecule has 0 amide bonds. The Balaban J connectivity index is 1.77. The SMILES string of the molecule is COc1ccc(C)cc1Nc1ncnc(Sc2cccc3cccnc23)c1[N+](=O)[O-]. The number of nitro groups is 1. The second kappa shape index (κ2) is 8.34. The van der Waals surface area contributed by atoms with Crippen LogP contribution in [-0.2, 0) is 0 Å². The average Bonchev–Trinajstić information content (AvgIpc) is 2.74. The van der Waals surface area contributed by atoms with Gasteiger partial charge < -0.3 is 10.1 Å². The molecule has 0 aliphatic heterocycles. The molecule has 0 spiro atoms. The van der Waals surface area contributed by atoms with Crippen molar-refractivity contribution in [2.75, 3.05) is 12.4 Å². The van der Waals surface area contributed by atoms with E-state index in [0.717, 1.165) is 21.4 Å². The standard InChI is InChI=1S/C21H17N5O3S/c1-13-8-9-16(29-2)15(11-13)25-20-19(26(27)28)21(24-12-23-20)30-17-7-3-5-14-6-4-10-22-18(14)17/h3-12H,1-2H3,(H,23,24,25). The van der Waals surface area contributed by atoms with Gasteiger partial charge in [-0.3, -0.25) is 15.1 Å². The lowest BCUT2D eigenvalue weighted by Gasteiger charge is -2.12. The maximum absolute atomic E-state index is 11.9. The molecule has 0 radical (unpaired) electrons. The molecule has 30 heavy (non-hydrogen) atoms. The minimum Gasteiger partial charge on any atom is -0.495 e. The Morgan fingerprint density at radius 3 is 2.73 bits per heavy atom. The first-order valence-corrected chi connectivity index (χ1v) is 9.81. The third-order valence-electron chi connectivity index (χ3n) is 4.38. The number of aryl methyl sites for hydroxylation is 1. The number of aromatic nitrogens is 3. The van der Waals surface area contributed by atoms with Crippen LogP contribution in [0, 0.1) is 17.0 Å². The van der Waals surface area contributed by atoms with Crippen molar-refractivity contribution < 1.29 is 9.66 Å². The Hall–Kier alpha value is -3.72. The lowest BCUT2D eigenvalue weighted by molar-refractivity contribution is -0.387. The van der Waals surface area contributed by atoms with E-state index < -0.39 is 4.92 Å². The third kappa shape index (κ3) is 3.87. The minimum absolute atomic E-state index is 0.0922. The largest absolute Gasteiger partial charge is 0.495 e. The first-order valence-electron chi connectivity index (χ1n) is 8.99. The van der Waals surface area contributed by atoms with E-state index >= 15 is 0 Å². The number of nitrogens with one attached hydrogen (secondary N) is 1. The molecular weight excluding hydrogens is 402 g/mol. The Morgan fingerprint density at radius 2 is 1.93 bits per heavy atom. The predicted molar refractivity (Wildman–Crippen MR) is 116 cm³/mol. The summed E-state index contributed by atoms with van der Waals surface area (Å²) in [6.45, 7) is 1.92. The van der Waals surface area contributed by atoms with E-state index in [1.54, 1.807) is 19.4 Å². The van der Waals surface area contributed by atoms with Gasteiger partial charge in [0.1, 0.15) is 12.1 Å². The summed E-state index contributed by atoms with van der Waals surface area (Å²) in [6.07, 6.45) is 3.00. The molecule has 4 aromatic rings. The van der Waals surface area contributed by atoms with Gasteiger partial charge in [-0.15, -0.1) is 0 Å². The molecule has 8 nitrogen and oxygen atoms in total. The summed E-state index contributed by atoms with van der Waals surface area (Å²) in [5.41, 5.74) is 2.11. The molecule has 1 N–H and O–H groups in total. The summed E-state index contributed by atoms with van der Waals surface area (Å²) >= 11 is 1.18. The fourth-order valence-electron chi connectivity index (χ4n) is 3.00. The van der Waals surface area contributed by atoms with E-state index in [1.807, 2.05) is 49.4 Å². The lowest BCUT2D eigenvalue weighted by Crippen LogP contribution is -2.04. The zero-order chi connectivity index (χ0) is 21.1. The van der Waals surface area contributed by atoms with Crippen molar-refractivity contribution in [1.29, 1.82) is 0 Å². The molecule has 0 bridgehead atoms. The van der Waals surface area contributed by atoms with E-state index in [2.05, 4.69) is 20.3 Å². The number of methoxy groups -OCH3 is 1. The van der Waals surface area contributed by atoms with Crippen molar-refractivity contribution in [3.63, 3.8) is 0 Å². The van der Waals surface area contributed by atoms with Crippen LogP contribution in [0.3, 0.4) is 0 Å². The predicted octanol–water partition coefficient (Wildman–Crippen LogP) is 5.14. The van der Waals surface area contributed by atoms with Gasteiger partial charge in [-0.25, -0.2) is 9.97 Å². The van der Waals surface area contributed by atoms with Gasteiger partial charge in [0.25, 0.3) is 0 Å². The maximum Gasteiger partial charge on any atom is 0.343 e. The fourth-order valence-corrected chi connectivity index (χ4v) is 3.99. The molecule has 2 aromatic carbocycles. The number of benzene rings is 2. The van der Waals surface area contributed by atoms with E-state index in [9.17, 15) is 10.1 Å². The van der Waals surface area contributed by atoms with Crippen molar-refractivity contribution in [3.05, 3.63) is 76.7 Å². The average molecular weight is 419 g/mol. The van der Waals surface area contributed by atoms with Gasteiger partial charge in [0, 0.05) is 16.5 Å². The van der Waals surface area contributed by atoms with Crippen LogP contribution in [0.4, 0.5) is 17.2 Å². The first-order chi connectivity index (χ1) is 14.6. The van der Waals surface area contributed by atoms with Crippen LogP contribution in [0.2, 0.25) is 0 Å². The number of rotatable bonds is 6. The number of hydrogen-bond donors (Lipinski definition) is 1. The molecule has 0 aliphatic rings. The van der Waals surface area contributed by atoms with Crippen molar-refractivity contribution in [2.24, 2.45) is 0 Å². The number of fused-ring (bicyclic) bond motifs is 1. The van der Waals surface area contributed by atoms with Gasteiger partial charge in [-0.2, -0.15) is 0 Å². The summed E-state index contributed by atoms with van der Waals surface area (Å²) in [5, 5.41) is 16.1. The molecule has 0 saturated carbocycles. The number of pyridine rings is 1. The van der Waals surface area contributed by atoms with Crippen LogP contribution in [0.5, 0.6) is 5.75 Å². The quantitative estimate of drug-likeness (QED) is 0.260. The lowest BCUT2D eigenvalue weighted by atomic mass is 10.2. The van der Waals surface area contributed by atoms with Crippen LogP contribution in [0.15, 0.2) is 71.0 Å². The van der Waals surface area contributed by atoms with Gasteiger partial charge in [0.2, 0.25) is 5.82 Å². The zero-order valence-corrected chi connectivity index (χ0v) is 17.0. The molecule has 9 heteroatoms. The third-order valence-corrected chi connectivity index (χ3v) is 5.42. The molecule has 0 fully saturated rings. The van der Waals surface area contributed by atoms with E-state index in [4.69, 9.17) is 4.74 Å². The summed E-state index contributed by atoms with van der Waals surface area (Å²) in [6, 6.07) is 15.0. The first kappa shape index (κ1) is 19.6.